The quantitative estimate of drug-likeness (QED) is 0.914. The number of aryl methyl sites for hydroxylation is 2. The van der Waals surface area contributed by atoms with Crippen LogP contribution in [0.15, 0.2) is 30.3 Å². The van der Waals surface area contributed by atoms with E-state index >= 15 is 0 Å². The van der Waals surface area contributed by atoms with Crippen molar-refractivity contribution >= 4 is 29.1 Å². The molecule has 2 aromatic rings. The summed E-state index contributed by atoms with van der Waals surface area (Å²) in [5.74, 6) is -1.07. The van der Waals surface area contributed by atoms with Crippen molar-refractivity contribution in [2.75, 3.05) is 5.32 Å². The van der Waals surface area contributed by atoms with E-state index in [1.54, 1.807) is 31.2 Å². The summed E-state index contributed by atoms with van der Waals surface area (Å²) >= 11 is 5.94. The van der Waals surface area contributed by atoms with E-state index in [9.17, 15) is 9.59 Å². The molecule has 0 radical (unpaired) electrons. The van der Waals surface area contributed by atoms with Gasteiger partial charge in [-0.05, 0) is 38.1 Å². The average Bonchev–Trinajstić information content (AvgIpc) is 2.37. The zero-order valence-electron chi connectivity index (χ0n) is 11.6. The number of carbonyl (C=O) groups excluding carboxylic acids is 2. The van der Waals surface area contributed by atoms with Crippen molar-refractivity contribution in [2.24, 2.45) is 5.73 Å². The fourth-order valence-corrected chi connectivity index (χ4v) is 2.26. The summed E-state index contributed by atoms with van der Waals surface area (Å²) < 4.78 is 0. The van der Waals surface area contributed by atoms with Gasteiger partial charge in [0.05, 0.1) is 27.5 Å². The van der Waals surface area contributed by atoms with E-state index in [1.807, 2.05) is 6.92 Å². The van der Waals surface area contributed by atoms with Crippen molar-refractivity contribution < 1.29 is 9.59 Å². The Morgan fingerprint density at radius 2 is 1.90 bits per heavy atom. The van der Waals surface area contributed by atoms with Crippen LogP contribution in [-0.4, -0.2) is 16.8 Å². The normalized spacial score (nSPS) is 10.2. The number of nitrogens with one attached hydrogen (secondary N) is 1. The number of amides is 2. The molecule has 1 heterocycles. The zero-order chi connectivity index (χ0) is 15.6. The van der Waals surface area contributed by atoms with E-state index < -0.39 is 5.91 Å². The lowest BCUT2D eigenvalue weighted by Gasteiger charge is -2.11. The van der Waals surface area contributed by atoms with E-state index in [0.29, 0.717) is 11.3 Å². The number of hydrogen-bond acceptors (Lipinski definition) is 3. The summed E-state index contributed by atoms with van der Waals surface area (Å²) in [6, 6.07) is 8.16. The Morgan fingerprint density at radius 3 is 2.52 bits per heavy atom. The van der Waals surface area contributed by atoms with Gasteiger partial charge in [-0.25, -0.2) is 0 Å². The van der Waals surface area contributed by atoms with Gasteiger partial charge in [0.2, 0.25) is 0 Å². The molecule has 0 aliphatic carbocycles. The molecule has 0 spiro atoms. The molecular formula is C15H14ClN3O2. The van der Waals surface area contributed by atoms with Gasteiger partial charge in [-0.3, -0.25) is 14.6 Å². The molecule has 2 amide bonds. The number of nitrogens with zero attached hydrogens (tertiary/aromatic N) is 1. The Morgan fingerprint density at radius 1 is 1.19 bits per heavy atom. The second-order valence-electron chi connectivity index (χ2n) is 4.57. The van der Waals surface area contributed by atoms with Gasteiger partial charge in [0.15, 0.2) is 0 Å². The number of pyridine rings is 1. The van der Waals surface area contributed by atoms with Gasteiger partial charge in [0, 0.05) is 5.69 Å². The molecule has 0 saturated carbocycles. The Bertz CT molecular complexity index is 729. The van der Waals surface area contributed by atoms with Crippen LogP contribution in [0.25, 0.3) is 0 Å². The fourth-order valence-electron chi connectivity index (χ4n) is 1.99. The minimum absolute atomic E-state index is 0.0882. The summed E-state index contributed by atoms with van der Waals surface area (Å²) in [4.78, 5) is 28.0. The van der Waals surface area contributed by atoms with Crippen LogP contribution in [0.2, 0.25) is 5.02 Å². The predicted molar refractivity (Wildman–Crippen MR) is 81.6 cm³/mol. The highest BCUT2D eigenvalue weighted by Gasteiger charge is 2.16. The maximum absolute atomic E-state index is 12.3. The third-order valence-corrected chi connectivity index (χ3v) is 3.29. The van der Waals surface area contributed by atoms with Crippen LogP contribution in [-0.2, 0) is 0 Å². The third kappa shape index (κ3) is 3.20. The highest BCUT2D eigenvalue weighted by atomic mass is 35.5. The molecule has 0 fully saturated rings. The monoisotopic (exact) mass is 303 g/mol. The predicted octanol–water partition coefficient (Wildman–Crippen LogP) is 2.70. The molecule has 108 valence electrons. The number of hydrogen-bond donors (Lipinski definition) is 2. The first-order valence-electron chi connectivity index (χ1n) is 6.24. The smallest absolute Gasteiger partial charge is 0.257 e. The Balaban J connectivity index is 2.36. The molecule has 0 unspecified atom stereocenters. The molecule has 0 aliphatic heterocycles. The van der Waals surface area contributed by atoms with Gasteiger partial charge >= 0.3 is 0 Å². The van der Waals surface area contributed by atoms with Crippen LogP contribution in [0.3, 0.4) is 0 Å². The van der Waals surface area contributed by atoms with Gasteiger partial charge in [0.25, 0.3) is 11.8 Å². The average molecular weight is 304 g/mol. The number of carbonyl (C=O) groups is 2. The Kier molecular flexibility index (Phi) is 4.23. The third-order valence-electron chi connectivity index (χ3n) is 2.98. The lowest BCUT2D eigenvalue weighted by atomic mass is 10.1. The largest absolute Gasteiger partial charge is 0.365 e. The van der Waals surface area contributed by atoms with Crippen LogP contribution in [0.1, 0.15) is 32.1 Å². The van der Waals surface area contributed by atoms with Crippen LogP contribution >= 0.6 is 11.6 Å². The van der Waals surface area contributed by atoms with Crippen molar-refractivity contribution in [3.05, 3.63) is 57.9 Å². The minimum Gasteiger partial charge on any atom is -0.365 e. The van der Waals surface area contributed by atoms with Crippen LogP contribution < -0.4 is 11.1 Å². The van der Waals surface area contributed by atoms with Crippen LogP contribution in [0, 0.1) is 13.8 Å². The van der Waals surface area contributed by atoms with Crippen LogP contribution in [0.4, 0.5) is 5.69 Å². The van der Waals surface area contributed by atoms with Gasteiger partial charge in [-0.2, -0.15) is 0 Å². The van der Waals surface area contributed by atoms with Crippen molar-refractivity contribution in [1.29, 1.82) is 0 Å². The van der Waals surface area contributed by atoms with Crippen molar-refractivity contribution in [3.8, 4) is 0 Å². The number of primary amides is 1. The molecule has 0 aliphatic rings. The van der Waals surface area contributed by atoms with Gasteiger partial charge < -0.3 is 11.1 Å². The fraction of sp³-hybridized carbons (Fsp3) is 0.133. The highest BCUT2D eigenvalue weighted by Crippen LogP contribution is 2.24. The lowest BCUT2D eigenvalue weighted by Crippen LogP contribution is -2.19. The van der Waals surface area contributed by atoms with E-state index in [-0.39, 0.29) is 22.2 Å². The summed E-state index contributed by atoms with van der Waals surface area (Å²) in [5, 5.41) is 2.84. The van der Waals surface area contributed by atoms with E-state index in [0.717, 1.165) is 5.69 Å². The summed E-state index contributed by atoms with van der Waals surface area (Å²) in [5.41, 5.74) is 7.52. The van der Waals surface area contributed by atoms with Crippen molar-refractivity contribution in [2.45, 2.75) is 13.8 Å². The molecule has 1 aromatic heterocycles. The number of halogens is 1. The second kappa shape index (κ2) is 5.93. The van der Waals surface area contributed by atoms with E-state index in [2.05, 4.69) is 10.3 Å². The second-order valence-corrected chi connectivity index (χ2v) is 4.97. The zero-order valence-corrected chi connectivity index (χ0v) is 12.4. The molecule has 2 rings (SSSR count). The number of anilines is 1. The molecule has 3 N–H and O–H groups in total. The lowest BCUT2D eigenvalue weighted by molar-refractivity contribution is 0.100. The van der Waals surface area contributed by atoms with Gasteiger partial charge in [-0.15, -0.1) is 0 Å². The standard InChI is InChI=1S/C15H14ClN3O2/c1-8-6-7-10(9(2)18-8)15(21)19-12-5-3-4-11(16)13(12)14(17)20/h3-7H,1-2H3,(H2,17,20)(H,19,21). The Labute approximate surface area is 127 Å². The molecule has 1 aromatic carbocycles. The molecule has 0 bridgehead atoms. The summed E-state index contributed by atoms with van der Waals surface area (Å²) in [6.07, 6.45) is 0. The van der Waals surface area contributed by atoms with Crippen molar-refractivity contribution in [1.82, 2.24) is 4.98 Å². The topological polar surface area (TPSA) is 85.1 Å². The number of aromatic nitrogens is 1. The van der Waals surface area contributed by atoms with E-state index in [4.69, 9.17) is 17.3 Å². The highest BCUT2D eigenvalue weighted by molar-refractivity contribution is 6.34. The summed E-state index contributed by atoms with van der Waals surface area (Å²) in [6.45, 7) is 3.59. The molecule has 6 heteroatoms. The van der Waals surface area contributed by atoms with E-state index in [1.165, 1.54) is 6.07 Å². The number of rotatable bonds is 3. The minimum atomic E-state index is -0.699. The van der Waals surface area contributed by atoms with Crippen LogP contribution in [0.5, 0.6) is 0 Å². The van der Waals surface area contributed by atoms with Gasteiger partial charge in [-0.1, -0.05) is 17.7 Å². The van der Waals surface area contributed by atoms with Gasteiger partial charge in [0.1, 0.15) is 0 Å². The molecule has 5 nitrogen and oxygen atoms in total. The maximum atomic E-state index is 12.3. The van der Waals surface area contributed by atoms with Crippen molar-refractivity contribution in [3.63, 3.8) is 0 Å². The molecule has 0 atom stereocenters. The SMILES string of the molecule is Cc1ccc(C(=O)Nc2cccc(Cl)c2C(N)=O)c(C)n1. The first-order chi connectivity index (χ1) is 9.90. The molecule has 0 saturated heterocycles. The summed E-state index contributed by atoms with van der Waals surface area (Å²) in [7, 11) is 0. The maximum Gasteiger partial charge on any atom is 0.257 e. The number of benzene rings is 1. The number of nitrogens with two attached hydrogens (primary N) is 1. The first kappa shape index (κ1) is 15.0. The Hall–Kier alpha value is -2.40. The molecule has 21 heavy (non-hydrogen) atoms. The first-order valence-corrected chi connectivity index (χ1v) is 6.62. The molecular weight excluding hydrogens is 290 g/mol.